The third-order valence-electron chi connectivity index (χ3n) is 6.00. The van der Waals surface area contributed by atoms with Crippen LogP contribution in [-0.4, -0.2) is 33.3 Å². The molecule has 0 radical (unpaired) electrons. The molecule has 0 bridgehead atoms. The van der Waals surface area contributed by atoms with E-state index in [2.05, 4.69) is 0 Å². The standard InChI is InChI=1S/C27H22O7/c1-14(28)34-25-19-13-33-27(29)24(19)22(16-11-20(30-2)26(32-4)21(12-16)31-3)18-10-9-15-7-5-6-8-17(15)23(18)25/h5-12H,13H2,1-4H3. The van der Waals surface area contributed by atoms with Gasteiger partial charge in [0.05, 0.1) is 26.9 Å². The molecule has 4 aromatic carbocycles. The predicted octanol–water partition coefficient (Wildman–Crippen LogP) is 5.28. The summed E-state index contributed by atoms with van der Waals surface area (Å²) in [6.07, 6.45) is 0. The molecule has 7 nitrogen and oxygen atoms in total. The lowest BCUT2D eigenvalue weighted by Crippen LogP contribution is -2.07. The summed E-state index contributed by atoms with van der Waals surface area (Å²) in [4.78, 5) is 25.1. The summed E-state index contributed by atoms with van der Waals surface area (Å²) in [7, 11) is 4.61. The molecule has 7 heteroatoms. The Morgan fingerprint density at radius 1 is 0.853 bits per heavy atom. The van der Waals surface area contributed by atoms with Gasteiger partial charge >= 0.3 is 11.9 Å². The molecular weight excluding hydrogens is 436 g/mol. The fourth-order valence-electron chi connectivity index (χ4n) is 4.63. The number of carbonyl (C=O) groups excluding carboxylic acids is 2. The highest BCUT2D eigenvalue weighted by atomic mass is 16.6. The second kappa shape index (κ2) is 8.26. The first-order chi connectivity index (χ1) is 16.5. The van der Waals surface area contributed by atoms with Crippen LogP contribution >= 0.6 is 0 Å². The number of rotatable bonds is 5. The van der Waals surface area contributed by atoms with Crippen LogP contribution < -0.4 is 18.9 Å². The molecule has 0 spiro atoms. The summed E-state index contributed by atoms with van der Waals surface area (Å²) in [6, 6.07) is 15.3. The molecule has 0 atom stereocenters. The summed E-state index contributed by atoms with van der Waals surface area (Å²) in [5.74, 6) is 0.735. The molecule has 0 aliphatic carbocycles. The van der Waals surface area contributed by atoms with E-state index in [0.717, 1.165) is 21.5 Å². The SMILES string of the molecule is COc1cc(-c2c3c(c(OC(C)=O)c4c2ccc2ccccc24)COC3=O)cc(OC)c1OC. The van der Waals surface area contributed by atoms with Crippen molar-refractivity contribution >= 4 is 33.5 Å². The van der Waals surface area contributed by atoms with Crippen molar-refractivity contribution in [3.63, 3.8) is 0 Å². The molecule has 172 valence electrons. The minimum atomic E-state index is -0.484. The van der Waals surface area contributed by atoms with E-state index in [0.29, 0.717) is 45.3 Å². The number of benzene rings is 4. The van der Waals surface area contributed by atoms with Gasteiger partial charge in [0.25, 0.3) is 0 Å². The van der Waals surface area contributed by atoms with E-state index in [9.17, 15) is 9.59 Å². The van der Waals surface area contributed by atoms with E-state index < -0.39 is 11.9 Å². The number of methoxy groups -OCH3 is 3. The molecule has 0 saturated heterocycles. The van der Waals surface area contributed by atoms with Crippen molar-refractivity contribution in [2.24, 2.45) is 0 Å². The van der Waals surface area contributed by atoms with E-state index in [-0.39, 0.29) is 6.61 Å². The molecule has 1 aliphatic rings. The van der Waals surface area contributed by atoms with Gasteiger partial charge in [0, 0.05) is 23.4 Å². The first-order valence-corrected chi connectivity index (χ1v) is 10.6. The van der Waals surface area contributed by atoms with Crippen LogP contribution in [0.3, 0.4) is 0 Å². The molecule has 0 unspecified atom stereocenters. The highest BCUT2D eigenvalue weighted by molar-refractivity contribution is 6.21. The van der Waals surface area contributed by atoms with Crippen molar-refractivity contribution in [3.05, 3.63) is 59.7 Å². The molecule has 34 heavy (non-hydrogen) atoms. The zero-order valence-electron chi connectivity index (χ0n) is 19.2. The molecule has 1 heterocycles. The summed E-state index contributed by atoms with van der Waals surface area (Å²) >= 11 is 0. The maximum absolute atomic E-state index is 13.0. The molecule has 0 aromatic heterocycles. The van der Waals surface area contributed by atoms with Crippen molar-refractivity contribution in [1.29, 1.82) is 0 Å². The van der Waals surface area contributed by atoms with Crippen LogP contribution in [0.4, 0.5) is 0 Å². The molecular formula is C27H22O7. The quantitative estimate of drug-likeness (QED) is 0.229. The van der Waals surface area contributed by atoms with E-state index in [1.807, 2.05) is 36.4 Å². The fourth-order valence-corrected chi connectivity index (χ4v) is 4.63. The van der Waals surface area contributed by atoms with Gasteiger partial charge in [0.15, 0.2) is 11.5 Å². The van der Waals surface area contributed by atoms with Crippen molar-refractivity contribution in [2.75, 3.05) is 21.3 Å². The second-order valence-electron chi connectivity index (χ2n) is 7.85. The first kappa shape index (κ1) is 21.6. The summed E-state index contributed by atoms with van der Waals surface area (Å²) in [6.45, 7) is 1.35. The van der Waals surface area contributed by atoms with Gasteiger partial charge in [0.2, 0.25) is 5.75 Å². The first-order valence-electron chi connectivity index (χ1n) is 10.6. The average Bonchev–Trinajstić information content (AvgIpc) is 3.23. The van der Waals surface area contributed by atoms with Gasteiger partial charge in [-0.15, -0.1) is 0 Å². The van der Waals surface area contributed by atoms with E-state index >= 15 is 0 Å². The lowest BCUT2D eigenvalue weighted by molar-refractivity contribution is -0.131. The van der Waals surface area contributed by atoms with E-state index in [1.165, 1.54) is 28.3 Å². The Labute approximate surface area is 195 Å². The van der Waals surface area contributed by atoms with Crippen molar-refractivity contribution in [1.82, 2.24) is 0 Å². The molecule has 5 rings (SSSR count). The lowest BCUT2D eigenvalue weighted by atomic mass is 9.87. The minimum Gasteiger partial charge on any atom is -0.493 e. The Morgan fingerprint density at radius 2 is 1.56 bits per heavy atom. The maximum atomic E-state index is 13.0. The van der Waals surface area contributed by atoms with Crippen LogP contribution in [0.1, 0.15) is 22.8 Å². The van der Waals surface area contributed by atoms with Gasteiger partial charge in [0.1, 0.15) is 12.4 Å². The van der Waals surface area contributed by atoms with Gasteiger partial charge in [-0.25, -0.2) is 4.79 Å². The highest BCUT2D eigenvalue weighted by Gasteiger charge is 2.34. The van der Waals surface area contributed by atoms with E-state index in [4.69, 9.17) is 23.7 Å². The number of ether oxygens (including phenoxy) is 5. The molecule has 1 aliphatic heterocycles. The smallest absolute Gasteiger partial charge is 0.339 e. The average molecular weight is 458 g/mol. The predicted molar refractivity (Wildman–Crippen MR) is 127 cm³/mol. The fraction of sp³-hybridized carbons (Fsp3) is 0.185. The van der Waals surface area contributed by atoms with Crippen LogP contribution in [0.5, 0.6) is 23.0 Å². The van der Waals surface area contributed by atoms with E-state index in [1.54, 1.807) is 12.1 Å². The van der Waals surface area contributed by atoms with Crippen LogP contribution in [0, 0.1) is 0 Å². The largest absolute Gasteiger partial charge is 0.493 e. The Morgan fingerprint density at radius 3 is 2.21 bits per heavy atom. The third-order valence-corrected chi connectivity index (χ3v) is 6.00. The number of carbonyl (C=O) groups is 2. The lowest BCUT2D eigenvalue weighted by Gasteiger charge is -2.19. The molecule has 0 fully saturated rings. The molecule has 4 aromatic rings. The van der Waals surface area contributed by atoms with Gasteiger partial charge in [-0.2, -0.15) is 0 Å². The number of cyclic esters (lactones) is 1. The number of hydrogen-bond donors (Lipinski definition) is 0. The second-order valence-corrected chi connectivity index (χ2v) is 7.85. The summed E-state index contributed by atoms with van der Waals surface area (Å²) < 4.78 is 27.7. The maximum Gasteiger partial charge on any atom is 0.339 e. The normalized spacial score (nSPS) is 12.4. The molecule has 0 N–H and O–H groups in total. The van der Waals surface area contributed by atoms with Crippen molar-refractivity contribution < 1.29 is 33.3 Å². The summed E-state index contributed by atoms with van der Waals surface area (Å²) in [5.41, 5.74) is 2.22. The van der Waals surface area contributed by atoms with Crippen molar-refractivity contribution in [3.8, 4) is 34.1 Å². The van der Waals surface area contributed by atoms with Gasteiger partial charge in [-0.05, 0) is 33.9 Å². The van der Waals surface area contributed by atoms with Crippen LogP contribution in [0.15, 0.2) is 48.5 Å². The third kappa shape index (κ3) is 3.20. The monoisotopic (exact) mass is 458 g/mol. The van der Waals surface area contributed by atoms with Gasteiger partial charge in [-0.1, -0.05) is 36.4 Å². The Hall–Kier alpha value is -4.26. The number of fused-ring (bicyclic) bond motifs is 4. The topological polar surface area (TPSA) is 80.3 Å². The zero-order chi connectivity index (χ0) is 24.0. The summed E-state index contributed by atoms with van der Waals surface area (Å²) in [5, 5.41) is 3.34. The Balaban J connectivity index is 1.98. The Bertz CT molecular complexity index is 1460. The zero-order valence-corrected chi connectivity index (χ0v) is 19.2. The van der Waals surface area contributed by atoms with Crippen LogP contribution in [0.2, 0.25) is 0 Å². The van der Waals surface area contributed by atoms with Gasteiger partial charge in [-0.3, -0.25) is 4.79 Å². The van der Waals surface area contributed by atoms with Gasteiger partial charge < -0.3 is 23.7 Å². The van der Waals surface area contributed by atoms with Crippen LogP contribution in [-0.2, 0) is 16.1 Å². The molecule has 0 saturated carbocycles. The number of hydrogen-bond acceptors (Lipinski definition) is 7. The number of esters is 2. The van der Waals surface area contributed by atoms with Crippen LogP contribution in [0.25, 0.3) is 32.7 Å². The Kier molecular flexibility index (Phi) is 5.24. The minimum absolute atomic E-state index is 0.00731. The van der Waals surface area contributed by atoms with Crippen molar-refractivity contribution in [2.45, 2.75) is 13.5 Å². The highest BCUT2D eigenvalue weighted by Crippen LogP contribution is 2.49. The molecule has 0 amide bonds.